The van der Waals surface area contributed by atoms with Crippen LogP contribution in [0.15, 0.2) is 48.9 Å². The van der Waals surface area contributed by atoms with Crippen molar-refractivity contribution in [3.8, 4) is 0 Å². The van der Waals surface area contributed by atoms with Crippen molar-refractivity contribution in [2.24, 2.45) is 0 Å². The zero-order valence-electron chi connectivity index (χ0n) is 11.5. The van der Waals surface area contributed by atoms with Gasteiger partial charge in [0.1, 0.15) is 0 Å². The minimum absolute atomic E-state index is 0.290. The summed E-state index contributed by atoms with van der Waals surface area (Å²) >= 11 is 0. The Bertz CT molecular complexity index is 470. The molecular formula is C15H20N4. The zero-order valence-corrected chi connectivity index (χ0v) is 11.5. The van der Waals surface area contributed by atoms with E-state index in [9.17, 15) is 0 Å². The van der Waals surface area contributed by atoms with E-state index in [0.717, 1.165) is 18.8 Å². The Kier molecular flexibility index (Phi) is 5.01. The van der Waals surface area contributed by atoms with Crippen molar-refractivity contribution in [2.45, 2.75) is 12.6 Å². The van der Waals surface area contributed by atoms with E-state index < -0.39 is 0 Å². The summed E-state index contributed by atoms with van der Waals surface area (Å²) in [4.78, 5) is 10.6. The topological polar surface area (TPSA) is 41.0 Å². The van der Waals surface area contributed by atoms with Crippen molar-refractivity contribution in [1.29, 1.82) is 0 Å². The van der Waals surface area contributed by atoms with Gasteiger partial charge in [0, 0.05) is 37.7 Å². The average molecular weight is 256 g/mol. The van der Waals surface area contributed by atoms with Crippen molar-refractivity contribution in [3.63, 3.8) is 0 Å². The van der Waals surface area contributed by atoms with Gasteiger partial charge in [-0.3, -0.25) is 9.97 Å². The number of hydrogen-bond donors (Lipinski definition) is 1. The number of aromatic nitrogens is 2. The predicted molar refractivity (Wildman–Crippen MR) is 76.6 cm³/mol. The molecule has 0 aliphatic heterocycles. The summed E-state index contributed by atoms with van der Waals surface area (Å²) in [6, 6.07) is 10.8. The lowest BCUT2D eigenvalue weighted by molar-refractivity contribution is 0.340. The lowest BCUT2D eigenvalue weighted by atomic mass is 10.1. The van der Waals surface area contributed by atoms with Crippen molar-refractivity contribution < 1.29 is 0 Å². The van der Waals surface area contributed by atoms with Gasteiger partial charge in [-0.05, 0) is 19.7 Å². The molecule has 19 heavy (non-hydrogen) atoms. The highest BCUT2D eigenvalue weighted by atomic mass is 15.1. The Labute approximate surface area is 114 Å². The van der Waals surface area contributed by atoms with Crippen LogP contribution in [-0.4, -0.2) is 35.5 Å². The van der Waals surface area contributed by atoms with Crippen molar-refractivity contribution in [3.05, 3.63) is 60.2 Å². The van der Waals surface area contributed by atoms with E-state index >= 15 is 0 Å². The van der Waals surface area contributed by atoms with Crippen LogP contribution in [0.3, 0.4) is 0 Å². The van der Waals surface area contributed by atoms with Gasteiger partial charge in [-0.15, -0.1) is 0 Å². The van der Waals surface area contributed by atoms with E-state index in [4.69, 9.17) is 0 Å². The molecule has 1 aromatic carbocycles. The fourth-order valence-corrected chi connectivity index (χ4v) is 1.99. The van der Waals surface area contributed by atoms with Crippen LogP contribution in [0.5, 0.6) is 0 Å². The van der Waals surface area contributed by atoms with E-state index in [2.05, 4.69) is 58.5 Å². The van der Waals surface area contributed by atoms with Crippen LogP contribution in [0, 0.1) is 0 Å². The molecule has 1 aromatic heterocycles. The molecular weight excluding hydrogens is 236 g/mol. The maximum Gasteiger partial charge on any atom is 0.0724 e. The molecule has 0 saturated heterocycles. The summed E-state index contributed by atoms with van der Waals surface area (Å²) in [5, 5.41) is 3.54. The third-order valence-electron chi connectivity index (χ3n) is 2.90. The second-order valence-corrected chi connectivity index (χ2v) is 4.80. The Balaban J connectivity index is 2.02. The van der Waals surface area contributed by atoms with Crippen LogP contribution in [0.25, 0.3) is 0 Å². The molecule has 0 fully saturated rings. The highest BCUT2D eigenvalue weighted by Gasteiger charge is 2.11. The molecule has 4 heteroatoms. The third-order valence-corrected chi connectivity index (χ3v) is 2.90. The molecule has 4 nitrogen and oxygen atoms in total. The lowest BCUT2D eigenvalue weighted by Crippen LogP contribution is -2.31. The van der Waals surface area contributed by atoms with Gasteiger partial charge in [0.05, 0.1) is 5.69 Å². The Hall–Kier alpha value is -1.78. The average Bonchev–Trinajstić information content (AvgIpc) is 2.45. The first-order chi connectivity index (χ1) is 9.25. The lowest BCUT2D eigenvalue weighted by Gasteiger charge is -2.22. The monoisotopic (exact) mass is 256 g/mol. The van der Waals surface area contributed by atoms with Crippen LogP contribution in [0.2, 0.25) is 0 Å². The Morgan fingerprint density at radius 3 is 2.58 bits per heavy atom. The Morgan fingerprint density at radius 1 is 1.16 bits per heavy atom. The SMILES string of the molecule is CN(C)CC(NCc1cnccn1)c1ccccc1. The first-order valence-electron chi connectivity index (χ1n) is 6.43. The first kappa shape index (κ1) is 13.6. The summed E-state index contributed by atoms with van der Waals surface area (Å²) in [5.41, 5.74) is 2.25. The fourth-order valence-electron chi connectivity index (χ4n) is 1.99. The zero-order chi connectivity index (χ0) is 13.5. The number of benzene rings is 1. The molecule has 0 spiro atoms. The van der Waals surface area contributed by atoms with E-state index in [1.54, 1.807) is 18.6 Å². The van der Waals surface area contributed by atoms with Gasteiger partial charge < -0.3 is 10.2 Å². The molecule has 0 saturated carbocycles. The maximum absolute atomic E-state index is 4.28. The molecule has 0 radical (unpaired) electrons. The van der Waals surface area contributed by atoms with Crippen LogP contribution in [-0.2, 0) is 6.54 Å². The largest absolute Gasteiger partial charge is 0.308 e. The summed E-state index contributed by atoms with van der Waals surface area (Å²) in [6.07, 6.45) is 5.21. The molecule has 1 N–H and O–H groups in total. The molecule has 2 aromatic rings. The summed E-state index contributed by atoms with van der Waals surface area (Å²) in [7, 11) is 4.17. The van der Waals surface area contributed by atoms with Crippen LogP contribution >= 0.6 is 0 Å². The number of hydrogen-bond acceptors (Lipinski definition) is 4. The summed E-state index contributed by atoms with van der Waals surface area (Å²) in [5.74, 6) is 0. The first-order valence-corrected chi connectivity index (χ1v) is 6.43. The molecule has 0 aliphatic carbocycles. The minimum atomic E-state index is 0.290. The second kappa shape index (κ2) is 6.97. The maximum atomic E-state index is 4.28. The van der Waals surface area contributed by atoms with Crippen LogP contribution in [0.4, 0.5) is 0 Å². The highest BCUT2D eigenvalue weighted by Crippen LogP contribution is 2.13. The molecule has 1 heterocycles. The predicted octanol–water partition coefficient (Wildman–Crippen LogP) is 1.87. The highest BCUT2D eigenvalue weighted by molar-refractivity contribution is 5.19. The number of likely N-dealkylation sites (N-methyl/N-ethyl adjacent to an activating group) is 1. The van der Waals surface area contributed by atoms with Crippen LogP contribution < -0.4 is 5.32 Å². The molecule has 1 unspecified atom stereocenters. The second-order valence-electron chi connectivity index (χ2n) is 4.80. The summed E-state index contributed by atoms with van der Waals surface area (Å²) < 4.78 is 0. The fraction of sp³-hybridized carbons (Fsp3) is 0.333. The van der Waals surface area contributed by atoms with Crippen LogP contribution in [0.1, 0.15) is 17.3 Å². The van der Waals surface area contributed by atoms with Crippen molar-refractivity contribution >= 4 is 0 Å². The van der Waals surface area contributed by atoms with Gasteiger partial charge in [0.25, 0.3) is 0 Å². The molecule has 1 atom stereocenters. The molecule has 2 rings (SSSR count). The van der Waals surface area contributed by atoms with Gasteiger partial charge in [0.15, 0.2) is 0 Å². The van der Waals surface area contributed by atoms with Gasteiger partial charge in [-0.1, -0.05) is 30.3 Å². The minimum Gasteiger partial charge on any atom is -0.308 e. The quantitative estimate of drug-likeness (QED) is 0.856. The standard InChI is InChI=1S/C15H20N4/c1-19(2)12-15(13-6-4-3-5-7-13)18-11-14-10-16-8-9-17-14/h3-10,15,18H,11-12H2,1-2H3. The molecule has 0 bridgehead atoms. The van der Waals surface area contributed by atoms with E-state index in [-0.39, 0.29) is 0 Å². The molecule has 0 amide bonds. The van der Waals surface area contributed by atoms with E-state index in [0.29, 0.717) is 6.04 Å². The molecule has 0 aliphatic rings. The van der Waals surface area contributed by atoms with Gasteiger partial charge in [0.2, 0.25) is 0 Å². The number of rotatable bonds is 6. The third kappa shape index (κ3) is 4.43. The normalized spacial score (nSPS) is 12.6. The van der Waals surface area contributed by atoms with Crippen molar-refractivity contribution in [2.75, 3.05) is 20.6 Å². The smallest absolute Gasteiger partial charge is 0.0724 e. The number of nitrogens with zero attached hydrogens (tertiary/aromatic N) is 3. The van der Waals surface area contributed by atoms with Gasteiger partial charge in [-0.25, -0.2) is 0 Å². The number of nitrogens with one attached hydrogen (secondary N) is 1. The van der Waals surface area contributed by atoms with Gasteiger partial charge >= 0.3 is 0 Å². The van der Waals surface area contributed by atoms with E-state index in [1.807, 2.05) is 6.07 Å². The summed E-state index contributed by atoms with van der Waals surface area (Å²) in [6.45, 7) is 1.67. The van der Waals surface area contributed by atoms with Crippen molar-refractivity contribution in [1.82, 2.24) is 20.2 Å². The van der Waals surface area contributed by atoms with E-state index in [1.165, 1.54) is 5.56 Å². The van der Waals surface area contributed by atoms with Gasteiger partial charge in [-0.2, -0.15) is 0 Å². The molecule has 100 valence electrons. The Morgan fingerprint density at radius 2 is 1.95 bits per heavy atom.